The summed E-state index contributed by atoms with van der Waals surface area (Å²) in [5.41, 5.74) is 2.00. The summed E-state index contributed by atoms with van der Waals surface area (Å²) in [4.78, 5) is 11.0. The Morgan fingerprint density at radius 3 is 2.72 bits per heavy atom. The number of nitrogens with zero attached hydrogens (tertiary/aromatic N) is 1. The van der Waals surface area contributed by atoms with Crippen molar-refractivity contribution in [3.63, 3.8) is 0 Å². The largest absolute Gasteiger partial charge is 0.511 e. The van der Waals surface area contributed by atoms with Gasteiger partial charge in [0, 0.05) is 33.7 Å². The summed E-state index contributed by atoms with van der Waals surface area (Å²) in [6.45, 7) is 1.59. The molecule has 2 N–H and O–H groups in total. The van der Waals surface area contributed by atoms with Gasteiger partial charge in [-0.25, -0.2) is 4.79 Å². The van der Waals surface area contributed by atoms with Gasteiger partial charge in [0.15, 0.2) is 0 Å². The highest BCUT2D eigenvalue weighted by molar-refractivity contribution is 6.30. The molecule has 0 aliphatic rings. The molecule has 1 heterocycles. The van der Waals surface area contributed by atoms with Crippen LogP contribution in [0.1, 0.15) is 18.1 Å². The smallest absolute Gasteiger partial charge is 0.493 e. The normalized spacial score (nSPS) is 12.1. The summed E-state index contributed by atoms with van der Waals surface area (Å²) >= 11 is 6.16. The number of fused-ring (bicyclic) bond motifs is 1. The minimum Gasteiger partial charge on any atom is -0.493 e. The zero-order chi connectivity index (χ0) is 21.0. The van der Waals surface area contributed by atoms with Gasteiger partial charge in [0.1, 0.15) is 11.5 Å². The van der Waals surface area contributed by atoms with Crippen LogP contribution >= 0.6 is 11.6 Å². The average molecular weight is 422 g/mol. The summed E-state index contributed by atoms with van der Waals surface area (Å²) in [6, 6.07) is 10.2. The Morgan fingerprint density at radius 1 is 1.24 bits per heavy atom. The SMILES string of the molecule is CC(CF)COc1ccc(Cl)cc1Cn1cc(CO)c2c(OC(=O)O)cccc21. The van der Waals surface area contributed by atoms with Crippen molar-refractivity contribution < 1.29 is 28.9 Å². The van der Waals surface area contributed by atoms with Crippen molar-refractivity contribution in [3.05, 3.63) is 58.7 Å². The molecule has 0 bridgehead atoms. The van der Waals surface area contributed by atoms with Crippen LogP contribution in [0.15, 0.2) is 42.6 Å². The van der Waals surface area contributed by atoms with Gasteiger partial charge in [-0.15, -0.1) is 0 Å². The number of carbonyl (C=O) groups is 1. The van der Waals surface area contributed by atoms with Gasteiger partial charge < -0.3 is 24.3 Å². The van der Waals surface area contributed by atoms with Crippen LogP contribution < -0.4 is 9.47 Å². The number of aliphatic hydroxyl groups excluding tert-OH is 1. The maximum absolute atomic E-state index is 12.8. The molecule has 1 aromatic heterocycles. The number of rotatable bonds is 8. The van der Waals surface area contributed by atoms with Crippen LogP contribution in [0.3, 0.4) is 0 Å². The molecule has 3 rings (SSSR count). The molecule has 0 fully saturated rings. The Balaban J connectivity index is 2.00. The molecule has 0 spiro atoms. The maximum atomic E-state index is 12.8. The molecule has 3 aromatic rings. The van der Waals surface area contributed by atoms with Crippen LogP contribution in [0, 0.1) is 5.92 Å². The zero-order valence-electron chi connectivity index (χ0n) is 15.8. The quantitative estimate of drug-likeness (QED) is 0.400. The van der Waals surface area contributed by atoms with Crippen LogP contribution in [0.25, 0.3) is 10.9 Å². The van der Waals surface area contributed by atoms with Crippen LogP contribution in [0.2, 0.25) is 5.02 Å². The predicted octanol–water partition coefficient (Wildman–Crippen LogP) is 4.88. The highest BCUT2D eigenvalue weighted by Crippen LogP contribution is 2.33. The van der Waals surface area contributed by atoms with Crippen molar-refractivity contribution in [2.75, 3.05) is 13.3 Å². The molecule has 154 valence electrons. The fraction of sp³-hybridized carbons (Fsp3) is 0.286. The Bertz CT molecular complexity index is 1020. The number of hydrogen-bond donors (Lipinski definition) is 2. The number of alkyl halides is 1. The summed E-state index contributed by atoms with van der Waals surface area (Å²) in [6.07, 6.45) is 0.301. The van der Waals surface area contributed by atoms with Crippen LogP contribution in [0.5, 0.6) is 11.5 Å². The lowest BCUT2D eigenvalue weighted by molar-refractivity contribution is 0.145. The number of carboxylic acid groups (broad SMARTS) is 1. The average Bonchev–Trinajstić information content (AvgIpc) is 3.05. The van der Waals surface area contributed by atoms with Gasteiger partial charge >= 0.3 is 6.16 Å². The van der Waals surface area contributed by atoms with Gasteiger partial charge in [-0.2, -0.15) is 0 Å². The van der Waals surface area contributed by atoms with Gasteiger partial charge in [-0.3, -0.25) is 4.39 Å². The topological polar surface area (TPSA) is 80.9 Å². The van der Waals surface area contributed by atoms with Crippen molar-refractivity contribution in [2.45, 2.75) is 20.1 Å². The minimum absolute atomic E-state index is 0.150. The van der Waals surface area contributed by atoms with Crippen molar-refractivity contribution >= 4 is 28.7 Å². The lowest BCUT2D eigenvalue weighted by Crippen LogP contribution is -2.11. The second-order valence-corrected chi connectivity index (χ2v) is 7.22. The van der Waals surface area contributed by atoms with Gasteiger partial charge in [0.25, 0.3) is 0 Å². The monoisotopic (exact) mass is 421 g/mol. The van der Waals surface area contributed by atoms with Gasteiger partial charge in [-0.1, -0.05) is 24.6 Å². The second kappa shape index (κ2) is 9.15. The van der Waals surface area contributed by atoms with E-state index in [1.54, 1.807) is 43.5 Å². The van der Waals surface area contributed by atoms with Gasteiger partial charge in [-0.05, 0) is 30.3 Å². The lowest BCUT2D eigenvalue weighted by Gasteiger charge is -2.15. The van der Waals surface area contributed by atoms with Crippen molar-refractivity contribution in [1.29, 1.82) is 0 Å². The van der Waals surface area contributed by atoms with E-state index in [9.17, 15) is 14.3 Å². The first-order chi connectivity index (χ1) is 13.9. The third-order valence-corrected chi connectivity index (χ3v) is 4.70. The first kappa shape index (κ1) is 21.0. The Morgan fingerprint density at radius 2 is 2.03 bits per heavy atom. The lowest BCUT2D eigenvalue weighted by atomic mass is 10.1. The van der Waals surface area contributed by atoms with E-state index < -0.39 is 12.8 Å². The van der Waals surface area contributed by atoms with Crippen LogP contribution in [0.4, 0.5) is 9.18 Å². The molecule has 0 amide bonds. The first-order valence-corrected chi connectivity index (χ1v) is 9.40. The molecule has 29 heavy (non-hydrogen) atoms. The van der Waals surface area contributed by atoms with E-state index in [0.717, 1.165) is 5.56 Å². The highest BCUT2D eigenvalue weighted by Gasteiger charge is 2.16. The van der Waals surface area contributed by atoms with Crippen molar-refractivity contribution in [2.24, 2.45) is 5.92 Å². The Hall–Kier alpha value is -2.77. The third-order valence-electron chi connectivity index (χ3n) is 4.46. The minimum atomic E-state index is -1.43. The van der Waals surface area contributed by atoms with E-state index >= 15 is 0 Å². The van der Waals surface area contributed by atoms with Gasteiger partial charge in [0.05, 0.1) is 31.9 Å². The molecule has 6 nitrogen and oxygen atoms in total. The predicted molar refractivity (Wildman–Crippen MR) is 108 cm³/mol. The van der Waals surface area contributed by atoms with Crippen molar-refractivity contribution in [1.82, 2.24) is 4.57 Å². The summed E-state index contributed by atoms with van der Waals surface area (Å²) in [5.74, 6) is 0.500. The summed E-state index contributed by atoms with van der Waals surface area (Å²) < 4.78 is 25.3. The third kappa shape index (κ3) is 4.81. The van der Waals surface area contributed by atoms with Crippen LogP contribution in [-0.2, 0) is 13.2 Å². The summed E-state index contributed by atoms with van der Waals surface area (Å²) in [7, 11) is 0. The van der Waals surface area contributed by atoms with E-state index in [1.165, 1.54) is 6.07 Å². The molecule has 0 aliphatic carbocycles. The van der Waals surface area contributed by atoms with Crippen molar-refractivity contribution in [3.8, 4) is 11.5 Å². The van der Waals surface area contributed by atoms with E-state index in [-0.39, 0.29) is 24.9 Å². The molecular formula is C21H21ClFNO5. The molecule has 0 radical (unpaired) electrons. The Kier molecular flexibility index (Phi) is 6.61. The fourth-order valence-corrected chi connectivity index (χ4v) is 3.30. The molecule has 0 saturated heterocycles. The molecule has 0 aliphatic heterocycles. The number of aliphatic hydroxyl groups is 1. The van der Waals surface area contributed by atoms with E-state index in [1.807, 2.05) is 4.57 Å². The van der Waals surface area contributed by atoms with E-state index in [4.69, 9.17) is 26.2 Å². The number of aromatic nitrogens is 1. The maximum Gasteiger partial charge on any atom is 0.511 e. The number of ether oxygens (including phenoxy) is 2. The van der Waals surface area contributed by atoms with Crippen LogP contribution in [-0.4, -0.2) is 34.2 Å². The van der Waals surface area contributed by atoms with Gasteiger partial charge in [0.2, 0.25) is 0 Å². The first-order valence-electron chi connectivity index (χ1n) is 9.02. The molecule has 0 saturated carbocycles. The summed E-state index contributed by atoms with van der Waals surface area (Å²) in [5, 5.41) is 19.8. The molecule has 2 aromatic carbocycles. The standard InChI is InChI=1S/C21H21ClFNO5/c1-13(8-23)12-28-18-6-5-16(22)7-14(18)9-24-10-15(11-25)20-17(24)3-2-4-19(20)29-21(26)27/h2-7,10,13,25H,8-9,11-12H2,1H3,(H,26,27). The number of benzene rings is 2. The molecule has 8 heteroatoms. The van der Waals surface area contributed by atoms with E-state index in [0.29, 0.717) is 33.8 Å². The fourth-order valence-electron chi connectivity index (χ4n) is 3.11. The molecular weight excluding hydrogens is 401 g/mol. The molecule has 1 atom stereocenters. The number of halogens is 2. The Labute approximate surface area is 172 Å². The highest BCUT2D eigenvalue weighted by atomic mass is 35.5. The second-order valence-electron chi connectivity index (χ2n) is 6.78. The molecule has 1 unspecified atom stereocenters. The zero-order valence-corrected chi connectivity index (χ0v) is 16.5. The number of hydrogen-bond acceptors (Lipinski definition) is 4. The van der Waals surface area contributed by atoms with E-state index in [2.05, 4.69) is 0 Å².